The fourth-order valence-electron chi connectivity index (χ4n) is 2.89. The first-order valence-corrected chi connectivity index (χ1v) is 10.8. The Kier molecular flexibility index (Phi) is 6.29. The molecule has 148 valence electrons. The van der Waals surface area contributed by atoms with E-state index in [2.05, 4.69) is 5.32 Å². The maximum absolute atomic E-state index is 12.3. The van der Waals surface area contributed by atoms with Crippen LogP contribution in [0.15, 0.2) is 84.3 Å². The van der Waals surface area contributed by atoms with Gasteiger partial charge in [0.15, 0.2) is 0 Å². The molecule has 1 heterocycles. The van der Waals surface area contributed by atoms with Gasteiger partial charge in [-0.05, 0) is 42.0 Å². The molecule has 0 saturated heterocycles. The van der Waals surface area contributed by atoms with Gasteiger partial charge < -0.3 is 5.32 Å². The first kappa shape index (κ1) is 20.4. The molecule has 1 aromatic heterocycles. The van der Waals surface area contributed by atoms with Crippen molar-refractivity contribution in [2.75, 3.05) is 5.32 Å². The predicted molar refractivity (Wildman–Crippen MR) is 127 cm³/mol. The second-order valence-corrected chi connectivity index (χ2v) is 8.18. The first-order chi connectivity index (χ1) is 14.6. The van der Waals surface area contributed by atoms with Gasteiger partial charge >= 0.3 is 0 Å². The fourth-order valence-corrected chi connectivity index (χ4v) is 4.24. The van der Waals surface area contributed by atoms with Gasteiger partial charge in [-0.3, -0.25) is 4.79 Å². The molecule has 0 spiro atoms. The van der Waals surface area contributed by atoms with Crippen LogP contribution in [0.2, 0.25) is 10.0 Å². The monoisotopic (exact) mass is 450 g/mol. The third-order valence-electron chi connectivity index (χ3n) is 4.31. The maximum atomic E-state index is 12.3. The first-order valence-electron chi connectivity index (χ1n) is 9.14. The van der Waals surface area contributed by atoms with Gasteiger partial charge in [-0.1, -0.05) is 65.7 Å². The van der Waals surface area contributed by atoms with Gasteiger partial charge in [-0.15, -0.1) is 11.3 Å². The second kappa shape index (κ2) is 9.26. The normalized spacial score (nSPS) is 11.0. The molecule has 0 aliphatic heterocycles. The van der Waals surface area contributed by atoms with Crippen LogP contribution >= 0.6 is 34.5 Å². The zero-order valence-corrected chi connectivity index (χ0v) is 18.0. The second-order valence-electron chi connectivity index (χ2n) is 6.48. The van der Waals surface area contributed by atoms with Crippen molar-refractivity contribution in [3.05, 3.63) is 99.9 Å². The Bertz CT molecular complexity index is 1230. The number of carbonyl (C=O) groups excluding carboxylic acids is 1. The van der Waals surface area contributed by atoms with E-state index in [1.54, 1.807) is 18.2 Å². The van der Waals surface area contributed by atoms with Crippen molar-refractivity contribution in [2.45, 2.75) is 0 Å². The Balaban J connectivity index is 1.49. The van der Waals surface area contributed by atoms with Crippen molar-refractivity contribution in [2.24, 2.45) is 0 Å². The van der Waals surface area contributed by atoms with Gasteiger partial charge in [-0.25, -0.2) is 4.98 Å². The molecule has 1 N–H and O–H groups in total. The van der Waals surface area contributed by atoms with Crippen molar-refractivity contribution in [1.82, 2.24) is 4.98 Å². The van der Waals surface area contributed by atoms with Gasteiger partial charge in [0.1, 0.15) is 5.01 Å². The molecule has 0 bridgehead atoms. The summed E-state index contributed by atoms with van der Waals surface area (Å²) in [6, 6.07) is 22.5. The van der Waals surface area contributed by atoms with E-state index in [4.69, 9.17) is 28.2 Å². The van der Waals surface area contributed by atoms with Crippen LogP contribution in [0.25, 0.3) is 27.9 Å². The van der Waals surface area contributed by atoms with E-state index in [-0.39, 0.29) is 5.91 Å². The van der Waals surface area contributed by atoms with Gasteiger partial charge in [-0.2, -0.15) is 0 Å². The largest absolute Gasteiger partial charge is 0.322 e. The average Bonchev–Trinajstić information content (AvgIpc) is 3.23. The van der Waals surface area contributed by atoms with E-state index in [0.29, 0.717) is 15.7 Å². The Labute approximate surface area is 188 Å². The van der Waals surface area contributed by atoms with E-state index in [1.165, 1.54) is 17.4 Å². The van der Waals surface area contributed by atoms with E-state index < -0.39 is 0 Å². The Hall–Kier alpha value is -2.92. The minimum atomic E-state index is -0.220. The lowest BCUT2D eigenvalue weighted by atomic mass is 10.1. The number of carbonyl (C=O) groups is 1. The number of anilines is 1. The molecule has 0 unspecified atom stereocenters. The van der Waals surface area contributed by atoms with Gasteiger partial charge in [0.25, 0.3) is 0 Å². The minimum Gasteiger partial charge on any atom is -0.322 e. The minimum absolute atomic E-state index is 0.220. The summed E-state index contributed by atoms with van der Waals surface area (Å²) in [7, 11) is 0. The highest BCUT2D eigenvalue weighted by molar-refractivity contribution is 7.13. The fraction of sp³-hybridized carbons (Fsp3) is 0. The summed E-state index contributed by atoms with van der Waals surface area (Å²) in [5, 5.41) is 7.02. The Morgan fingerprint density at radius 1 is 0.967 bits per heavy atom. The topological polar surface area (TPSA) is 42.0 Å². The zero-order chi connectivity index (χ0) is 20.9. The quantitative estimate of drug-likeness (QED) is 0.321. The summed E-state index contributed by atoms with van der Waals surface area (Å²) >= 11 is 13.8. The van der Waals surface area contributed by atoms with Crippen LogP contribution < -0.4 is 5.32 Å². The van der Waals surface area contributed by atoms with E-state index >= 15 is 0 Å². The number of nitrogens with one attached hydrogen (secondary N) is 1. The number of rotatable bonds is 5. The van der Waals surface area contributed by atoms with Crippen molar-refractivity contribution in [1.29, 1.82) is 0 Å². The number of halogens is 2. The highest BCUT2D eigenvalue weighted by Gasteiger charge is 2.10. The molecular formula is C24H16Cl2N2OS. The summed E-state index contributed by atoms with van der Waals surface area (Å²) in [5.41, 5.74) is 4.22. The van der Waals surface area contributed by atoms with Crippen LogP contribution in [0.4, 0.5) is 5.69 Å². The van der Waals surface area contributed by atoms with Crippen LogP contribution in [-0.4, -0.2) is 10.9 Å². The van der Waals surface area contributed by atoms with E-state index in [1.807, 2.05) is 66.0 Å². The van der Waals surface area contributed by atoms with Crippen LogP contribution in [-0.2, 0) is 4.79 Å². The summed E-state index contributed by atoms with van der Waals surface area (Å²) in [6.07, 6.45) is 3.21. The molecule has 0 atom stereocenters. The summed E-state index contributed by atoms with van der Waals surface area (Å²) in [4.78, 5) is 17.0. The summed E-state index contributed by atoms with van der Waals surface area (Å²) in [5.74, 6) is -0.220. The molecular weight excluding hydrogens is 435 g/mol. The lowest BCUT2D eigenvalue weighted by Gasteiger charge is -2.04. The van der Waals surface area contributed by atoms with Crippen LogP contribution in [0.5, 0.6) is 0 Å². The third-order valence-corrected chi connectivity index (χ3v) is 5.75. The van der Waals surface area contributed by atoms with Crippen LogP contribution in [0.1, 0.15) is 5.56 Å². The Morgan fingerprint density at radius 2 is 1.80 bits per heavy atom. The lowest BCUT2D eigenvalue weighted by Crippen LogP contribution is -2.07. The highest BCUT2D eigenvalue weighted by atomic mass is 35.5. The molecule has 0 fully saturated rings. The predicted octanol–water partition coefficient (Wildman–Crippen LogP) is 7.44. The smallest absolute Gasteiger partial charge is 0.248 e. The Morgan fingerprint density at radius 3 is 2.63 bits per heavy atom. The number of amides is 1. The van der Waals surface area contributed by atoms with Gasteiger partial charge in [0, 0.05) is 33.3 Å². The molecule has 0 aliphatic carbocycles. The zero-order valence-electron chi connectivity index (χ0n) is 15.7. The van der Waals surface area contributed by atoms with Gasteiger partial charge in [0.05, 0.1) is 10.7 Å². The number of hydrogen-bond donors (Lipinski definition) is 1. The average molecular weight is 451 g/mol. The van der Waals surface area contributed by atoms with Gasteiger partial charge in [0.2, 0.25) is 5.91 Å². The highest BCUT2D eigenvalue weighted by Crippen LogP contribution is 2.33. The molecule has 4 aromatic rings. The molecule has 0 aliphatic rings. The van der Waals surface area contributed by atoms with E-state index in [9.17, 15) is 4.79 Å². The molecule has 4 rings (SSSR count). The summed E-state index contributed by atoms with van der Waals surface area (Å²) in [6.45, 7) is 0. The van der Waals surface area contributed by atoms with Crippen LogP contribution in [0.3, 0.4) is 0 Å². The SMILES string of the molecule is O=C(/C=C/c1cccc(Cl)c1)Nc1cccc(-c2csc(-c3ccccc3Cl)n2)c1. The number of benzene rings is 3. The van der Waals surface area contributed by atoms with E-state index in [0.717, 1.165) is 27.4 Å². The number of thiazole rings is 1. The third kappa shape index (κ3) is 4.97. The molecule has 1 amide bonds. The number of nitrogens with zero attached hydrogens (tertiary/aromatic N) is 1. The maximum Gasteiger partial charge on any atom is 0.248 e. The van der Waals surface area contributed by atoms with Crippen molar-refractivity contribution in [3.63, 3.8) is 0 Å². The van der Waals surface area contributed by atoms with Crippen molar-refractivity contribution >= 4 is 52.2 Å². The number of hydrogen-bond acceptors (Lipinski definition) is 3. The number of aromatic nitrogens is 1. The molecule has 0 radical (unpaired) electrons. The lowest BCUT2D eigenvalue weighted by molar-refractivity contribution is -0.111. The summed E-state index contributed by atoms with van der Waals surface area (Å²) < 4.78 is 0. The molecule has 30 heavy (non-hydrogen) atoms. The molecule has 3 nitrogen and oxygen atoms in total. The van der Waals surface area contributed by atoms with Crippen molar-refractivity contribution in [3.8, 4) is 21.8 Å². The van der Waals surface area contributed by atoms with Crippen molar-refractivity contribution < 1.29 is 4.79 Å². The van der Waals surface area contributed by atoms with Crippen LogP contribution in [0, 0.1) is 0 Å². The molecule has 3 aromatic carbocycles. The molecule has 0 saturated carbocycles. The molecule has 6 heteroatoms. The standard InChI is InChI=1S/C24H16Cl2N2OS/c25-18-7-3-5-16(13-18)11-12-23(29)27-19-8-4-6-17(14-19)22-15-30-24(28-22)20-9-1-2-10-21(20)26/h1-15H,(H,27,29)/b12-11+.